The van der Waals surface area contributed by atoms with Crippen LogP contribution >= 0.6 is 11.3 Å². The number of carbonyl (C=O) groups is 1. The Morgan fingerprint density at radius 2 is 1.49 bits per heavy atom. The largest absolute Gasteiger partial charge is 0.493 e. The summed E-state index contributed by atoms with van der Waals surface area (Å²) in [4.78, 5) is 21.6. The van der Waals surface area contributed by atoms with E-state index in [1.165, 1.54) is 11.3 Å². The first-order chi connectivity index (χ1) is 17.7. The molecule has 0 aliphatic rings. The summed E-state index contributed by atoms with van der Waals surface area (Å²) in [5.74, 6) is 1.46. The average molecular weight is 520 g/mol. The molecular formula is C29H33N3O4S. The molecule has 2 N–H and O–H groups in total. The van der Waals surface area contributed by atoms with Gasteiger partial charge in [-0.2, -0.15) is 0 Å². The van der Waals surface area contributed by atoms with Crippen LogP contribution < -0.4 is 19.9 Å². The number of anilines is 1. The summed E-state index contributed by atoms with van der Waals surface area (Å²) in [7, 11) is 4.74. The molecule has 7 nitrogen and oxygen atoms in total. The number of rotatable bonds is 8. The highest BCUT2D eigenvalue weighted by Crippen LogP contribution is 2.46. The Hall–Kier alpha value is -3.78. The summed E-state index contributed by atoms with van der Waals surface area (Å²) in [6.45, 7) is 8.03. The van der Waals surface area contributed by atoms with Crippen LogP contribution in [0.3, 0.4) is 0 Å². The van der Waals surface area contributed by atoms with E-state index in [9.17, 15) is 4.79 Å². The molecule has 2 aromatic heterocycles. The monoisotopic (exact) mass is 519 g/mol. The second-order valence-electron chi connectivity index (χ2n) is 9.26. The van der Waals surface area contributed by atoms with Gasteiger partial charge in [0.05, 0.1) is 32.7 Å². The zero-order valence-electron chi connectivity index (χ0n) is 22.3. The number of benzene rings is 2. The van der Waals surface area contributed by atoms with Gasteiger partial charge in [0.15, 0.2) is 11.5 Å². The van der Waals surface area contributed by atoms with E-state index in [0.29, 0.717) is 32.6 Å². The van der Waals surface area contributed by atoms with E-state index in [1.54, 1.807) is 21.3 Å². The van der Waals surface area contributed by atoms with Gasteiger partial charge in [-0.3, -0.25) is 4.79 Å². The molecule has 0 spiro atoms. The maximum absolute atomic E-state index is 13.7. The number of thiophene rings is 1. The number of pyridine rings is 1. The number of hydrogen-bond acceptors (Lipinski definition) is 7. The lowest BCUT2D eigenvalue weighted by Crippen LogP contribution is -2.41. The van der Waals surface area contributed by atoms with Crippen molar-refractivity contribution in [3.8, 4) is 39.6 Å². The number of aromatic nitrogens is 1. The van der Waals surface area contributed by atoms with Crippen molar-refractivity contribution in [2.45, 2.75) is 39.8 Å². The zero-order chi connectivity index (χ0) is 26.9. The minimum absolute atomic E-state index is 0.0273. The van der Waals surface area contributed by atoms with Crippen LogP contribution in [0.1, 0.15) is 37.4 Å². The fraction of sp³-hybridized carbons (Fsp3) is 0.310. The summed E-state index contributed by atoms with van der Waals surface area (Å²) < 4.78 is 16.8. The van der Waals surface area contributed by atoms with E-state index >= 15 is 0 Å². The first-order valence-corrected chi connectivity index (χ1v) is 12.9. The third-order valence-corrected chi connectivity index (χ3v) is 7.37. The van der Waals surface area contributed by atoms with Gasteiger partial charge >= 0.3 is 0 Å². The first kappa shape index (κ1) is 26.3. The minimum atomic E-state index is -0.0948. The molecule has 1 amide bonds. The fourth-order valence-electron chi connectivity index (χ4n) is 4.68. The molecular weight excluding hydrogens is 486 g/mol. The van der Waals surface area contributed by atoms with Crippen LogP contribution in [0, 0.1) is 0 Å². The number of nitrogens with two attached hydrogens (primary N) is 1. The lowest BCUT2D eigenvalue weighted by molar-refractivity contribution is 0.0650. The molecule has 0 atom stereocenters. The Bertz CT molecular complexity index is 1400. The van der Waals surface area contributed by atoms with E-state index in [2.05, 4.69) is 0 Å². The molecule has 4 aromatic rings. The van der Waals surface area contributed by atoms with Crippen molar-refractivity contribution in [1.82, 2.24) is 9.88 Å². The second-order valence-corrected chi connectivity index (χ2v) is 10.3. The van der Waals surface area contributed by atoms with Crippen LogP contribution in [0.2, 0.25) is 0 Å². The highest BCUT2D eigenvalue weighted by molar-refractivity contribution is 7.21. The molecule has 37 heavy (non-hydrogen) atoms. The standard InChI is InChI=1S/C29H33N3O4S/c1-16(2)32(17(3)4)29(33)27-25(30)24-20(19-13-22(34-5)26(36-7)23(14-19)35-6)15-21(31-28(24)37-27)18-11-9-8-10-12-18/h8-17H,30H2,1-7H3. The Morgan fingerprint density at radius 1 is 0.892 bits per heavy atom. The molecule has 0 saturated heterocycles. The van der Waals surface area contributed by atoms with Crippen molar-refractivity contribution in [1.29, 1.82) is 0 Å². The molecule has 194 valence electrons. The predicted octanol–water partition coefficient (Wildman–Crippen LogP) is 6.50. The molecule has 0 unspecified atom stereocenters. The van der Waals surface area contributed by atoms with Crippen molar-refractivity contribution in [2.24, 2.45) is 0 Å². The lowest BCUT2D eigenvalue weighted by Gasteiger charge is -2.30. The third kappa shape index (κ3) is 4.81. The summed E-state index contributed by atoms with van der Waals surface area (Å²) in [6.07, 6.45) is 0. The Morgan fingerprint density at radius 3 is 2.00 bits per heavy atom. The molecule has 8 heteroatoms. The van der Waals surface area contributed by atoms with Crippen molar-refractivity contribution < 1.29 is 19.0 Å². The molecule has 0 radical (unpaired) electrons. The number of amides is 1. The van der Waals surface area contributed by atoms with Crippen LogP contribution in [0.15, 0.2) is 48.5 Å². The number of fused-ring (bicyclic) bond motifs is 1. The minimum Gasteiger partial charge on any atom is -0.493 e. The maximum atomic E-state index is 13.7. The van der Waals surface area contributed by atoms with Gasteiger partial charge in [0, 0.05) is 23.0 Å². The summed E-state index contributed by atoms with van der Waals surface area (Å²) in [6, 6.07) is 15.8. The predicted molar refractivity (Wildman–Crippen MR) is 151 cm³/mol. The highest BCUT2D eigenvalue weighted by Gasteiger charge is 2.28. The van der Waals surface area contributed by atoms with Gasteiger partial charge in [0.1, 0.15) is 9.71 Å². The topological polar surface area (TPSA) is 86.9 Å². The number of carbonyl (C=O) groups excluding carboxylic acids is 1. The third-order valence-electron chi connectivity index (χ3n) is 6.29. The summed E-state index contributed by atoms with van der Waals surface area (Å²) >= 11 is 1.33. The maximum Gasteiger partial charge on any atom is 0.266 e. The molecule has 0 fully saturated rings. The van der Waals surface area contributed by atoms with Gasteiger partial charge in [-0.25, -0.2) is 4.98 Å². The van der Waals surface area contributed by atoms with Gasteiger partial charge in [0.25, 0.3) is 5.91 Å². The van der Waals surface area contributed by atoms with E-state index in [-0.39, 0.29) is 18.0 Å². The Balaban J connectivity index is 2.04. The van der Waals surface area contributed by atoms with Gasteiger partial charge in [-0.1, -0.05) is 30.3 Å². The lowest BCUT2D eigenvalue weighted by atomic mass is 9.98. The van der Waals surface area contributed by atoms with E-state index in [0.717, 1.165) is 27.8 Å². The first-order valence-electron chi connectivity index (χ1n) is 12.1. The second kappa shape index (κ2) is 10.7. The smallest absolute Gasteiger partial charge is 0.266 e. The number of nitrogens with zero attached hydrogens (tertiary/aromatic N) is 2. The van der Waals surface area contributed by atoms with Crippen molar-refractivity contribution in [3.63, 3.8) is 0 Å². The Labute approximate surface area is 221 Å². The molecule has 2 aromatic carbocycles. The normalized spacial score (nSPS) is 11.3. The van der Waals surface area contributed by atoms with Gasteiger partial charge in [-0.15, -0.1) is 11.3 Å². The van der Waals surface area contributed by atoms with E-state index < -0.39 is 0 Å². The van der Waals surface area contributed by atoms with Crippen LogP contribution in [0.5, 0.6) is 17.2 Å². The van der Waals surface area contributed by atoms with Gasteiger partial charge in [-0.05, 0) is 57.0 Å². The fourth-order valence-corrected chi connectivity index (χ4v) is 5.75. The number of ether oxygens (including phenoxy) is 3. The van der Waals surface area contributed by atoms with Crippen LogP contribution in [0.25, 0.3) is 32.6 Å². The highest BCUT2D eigenvalue weighted by atomic mass is 32.1. The van der Waals surface area contributed by atoms with Crippen LogP contribution in [0.4, 0.5) is 5.69 Å². The molecule has 0 saturated carbocycles. The summed E-state index contributed by atoms with van der Waals surface area (Å²) in [5.41, 5.74) is 10.5. The van der Waals surface area contributed by atoms with Gasteiger partial charge < -0.3 is 24.8 Å². The molecule has 4 rings (SSSR count). The van der Waals surface area contributed by atoms with Gasteiger partial charge in [0.2, 0.25) is 5.75 Å². The summed E-state index contributed by atoms with van der Waals surface area (Å²) in [5, 5.41) is 0.731. The van der Waals surface area contributed by atoms with Crippen molar-refractivity contribution in [2.75, 3.05) is 27.1 Å². The Kier molecular flexibility index (Phi) is 7.59. The zero-order valence-corrected chi connectivity index (χ0v) is 23.1. The van der Waals surface area contributed by atoms with Crippen molar-refractivity contribution in [3.05, 3.63) is 53.4 Å². The molecule has 0 aliphatic carbocycles. The molecule has 0 bridgehead atoms. The SMILES string of the molecule is COc1cc(-c2cc(-c3ccccc3)nc3sc(C(=O)N(C(C)C)C(C)C)c(N)c23)cc(OC)c1OC. The van der Waals surface area contributed by atoms with Crippen molar-refractivity contribution >= 4 is 33.1 Å². The van der Waals surface area contributed by atoms with Crippen LogP contribution in [-0.4, -0.2) is 49.2 Å². The number of methoxy groups -OCH3 is 3. The van der Waals surface area contributed by atoms with E-state index in [1.807, 2.05) is 81.1 Å². The average Bonchev–Trinajstić information content (AvgIpc) is 3.23. The van der Waals surface area contributed by atoms with E-state index in [4.69, 9.17) is 24.9 Å². The number of nitrogen functional groups attached to an aromatic ring is 1. The van der Waals surface area contributed by atoms with Crippen LogP contribution in [-0.2, 0) is 0 Å². The molecule has 0 aliphatic heterocycles. The number of hydrogen-bond donors (Lipinski definition) is 1. The quantitative estimate of drug-likeness (QED) is 0.286. The molecule has 2 heterocycles.